The maximum Gasteiger partial charge on any atom is 0.270 e. The molecule has 3 rings (SSSR count). The highest BCUT2D eigenvalue weighted by atomic mass is 32.2. The van der Waals surface area contributed by atoms with Gasteiger partial charge in [0.05, 0.1) is 15.7 Å². The molecule has 1 aliphatic heterocycles. The molecular weight excluding hydrogens is 312 g/mol. The molecule has 0 saturated carbocycles. The average Bonchev–Trinajstić information content (AvgIpc) is 2.83. The van der Waals surface area contributed by atoms with Crippen molar-refractivity contribution in [1.82, 2.24) is 14.4 Å². The summed E-state index contributed by atoms with van der Waals surface area (Å²) in [7, 11) is -3.75. The summed E-state index contributed by atoms with van der Waals surface area (Å²) in [6, 6.07) is 4.99. The minimum atomic E-state index is -3.75. The quantitative estimate of drug-likeness (QED) is 0.609. The van der Waals surface area contributed by atoms with Crippen LogP contribution in [0.2, 0.25) is 0 Å². The number of nitro groups is 1. The highest BCUT2D eigenvalue weighted by Gasteiger charge is 2.40. The fourth-order valence-electron chi connectivity index (χ4n) is 2.18. The van der Waals surface area contributed by atoms with Crippen LogP contribution in [0.3, 0.4) is 0 Å². The molecule has 1 fully saturated rings. The van der Waals surface area contributed by atoms with Gasteiger partial charge in [-0.15, -0.1) is 0 Å². The maximum absolute atomic E-state index is 12.4. The van der Waals surface area contributed by atoms with Gasteiger partial charge in [-0.1, -0.05) is 11.2 Å². The standard InChI is InChI=1S/C12H12N4O5S/c1-8-13-12(21-14-8)9-6-15(7-9)22(19,20)11-4-2-3-10(5-11)16(17)18/h2-5,9H,6-7H2,1H3. The van der Waals surface area contributed by atoms with E-state index in [1.54, 1.807) is 6.92 Å². The summed E-state index contributed by atoms with van der Waals surface area (Å²) < 4.78 is 31.1. The molecular formula is C12H12N4O5S. The van der Waals surface area contributed by atoms with Gasteiger partial charge in [0.25, 0.3) is 5.69 Å². The Morgan fingerprint density at radius 2 is 2.14 bits per heavy atom. The van der Waals surface area contributed by atoms with Crippen molar-refractivity contribution >= 4 is 15.7 Å². The Hall–Kier alpha value is -2.33. The Labute approximate surface area is 125 Å². The molecule has 0 spiro atoms. The second kappa shape index (κ2) is 5.14. The summed E-state index contributed by atoms with van der Waals surface area (Å²) >= 11 is 0. The van der Waals surface area contributed by atoms with Gasteiger partial charge in [-0.2, -0.15) is 9.29 Å². The number of sulfonamides is 1. The fourth-order valence-corrected chi connectivity index (χ4v) is 3.75. The molecule has 116 valence electrons. The number of benzene rings is 1. The topological polar surface area (TPSA) is 119 Å². The number of non-ortho nitro benzene ring substituents is 1. The summed E-state index contributed by atoms with van der Waals surface area (Å²) in [5.74, 6) is 0.757. The van der Waals surface area contributed by atoms with Crippen LogP contribution in [0.25, 0.3) is 0 Å². The average molecular weight is 324 g/mol. The van der Waals surface area contributed by atoms with Crippen molar-refractivity contribution in [2.24, 2.45) is 0 Å². The van der Waals surface area contributed by atoms with E-state index in [-0.39, 0.29) is 29.6 Å². The lowest BCUT2D eigenvalue weighted by molar-refractivity contribution is -0.385. The smallest absolute Gasteiger partial charge is 0.270 e. The van der Waals surface area contributed by atoms with E-state index >= 15 is 0 Å². The first-order valence-corrected chi connectivity index (χ1v) is 7.87. The second-order valence-corrected chi connectivity index (χ2v) is 6.89. The molecule has 0 aliphatic carbocycles. The summed E-state index contributed by atoms with van der Waals surface area (Å²) in [5, 5.41) is 14.4. The van der Waals surface area contributed by atoms with Crippen LogP contribution in [0.5, 0.6) is 0 Å². The van der Waals surface area contributed by atoms with Gasteiger partial charge in [0.2, 0.25) is 15.9 Å². The zero-order valence-electron chi connectivity index (χ0n) is 11.5. The molecule has 0 amide bonds. The second-order valence-electron chi connectivity index (χ2n) is 4.95. The van der Waals surface area contributed by atoms with Gasteiger partial charge in [0.15, 0.2) is 5.82 Å². The molecule has 0 atom stereocenters. The summed E-state index contributed by atoms with van der Waals surface area (Å²) in [4.78, 5) is 14.1. The molecule has 1 aromatic carbocycles. The lowest BCUT2D eigenvalue weighted by Crippen LogP contribution is -2.48. The first kappa shape index (κ1) is 14.6. The van der Waals surface area contributed by atoms with E-state index < -0.39 is 14.9 Å². The summed E-state index contributed by atoms with van der Waals surface area (Å²) in [6.07, 6.45) is 0. The Morgan fingerprint density at radius 3 is 2.73 bits per heavy atom. The van der Waals surface area contributed by atoms with Gasteiger partial charge in [-0.25, -0.2) is 8.42 Å². The first-order valence-electron chi connectivity index (χ1n) is 6.43. The number of aryl methyl sites for hydroxylation is 1. The number of hydrogen-bond acceptors (Lipinski definition) is 7. The molecule has 0 radical (unpaired) electrons. The van der Waals surface area contributed by atoms with Crippen LogP contribution < -0.4 is 0 Å². The highest BCUT2D eigenvalue weighted by molar-refractivity contribution is 7.89. The van der Waals surface area contributed by atoms with Crippen LogP contribution in [-0.4, -0.2) is 40.9 Å². The van der Waals surface area contributed by atoms with Crippen LogP contribution in [0.1, 0.15) is 17.6 Å². The zero-order chi connectivity index (χ0) is 15.9. The van der Waals surface area contributed by atoms with Crippen LogP contribution in [0, 0.1) is 17.0 Å². The Morgan fingerprint density at radius 1 is 1.41 bits per heavy atom. The van der Waals surface area contributed by atoms with E-state index in [1.165, 1.54) is 22.5 Å². The van der Waals surface area contributed by atoms with Crippen molar-refractivity contribution in [3.05, 3.63) is 46.1 Å². The van der Waals surface area contributed by atoms with Gasteiger partial charge >= 0.3 is 0 Å². The predicted octanol–water partition coefficient (Wildman–Crippen LogP) is 1.07. The van der Waals surface area contributed by atoms with Gasteiger partial charge < -0.3 is 4.52 Å². The monoisotopic (exact) mass is 324 g/mol. The van der Waals surface area contributed by atoms with Crippen molar-refractivity contribution in [3.8, 4) is 0 Å². The van der Waals surface area contributed by atoms with Crippen LogP contribution in [-0.2, 0) is 10.0 Å². The lowest BCUT2D eigenvalue weighted by Gasteiger charge is -2.35. The number of nitro benzene ring substituents is 1. The lowest BCUT2D eigenvalue weighted by atomic mass is 10.0. The van der Waals surface area contributed by atoms with E-state index in [1.807, 2.05) is 0 Å². The van der Waals surface area contributed by atoms with Gasteiger partial charge in [0, 0.05) is 25.2 Å². The molecule has 10 heteroatoms. The third kappa shape index (κ3) is 2.46. The SMILES string of the molecule is Cc1noc(C2CN(S(=O)(=O)c3cccc([N+](=O)[O-])c3)C2)n1. The maximum atomic E-state index is 12.4. The molecule has 9 nitrogen and oxygen atoms in total. The summed E-state index contributed by atoms with van der Waals surface area (Å²) in [5.41, 5.74) is -0.259. The van der Waals surface area contributed by atoms with Crippen LogP contribution in [0.4, 0.5) is 5.69 Å². The summed E-state index contributed by atoms with van der Waals surface area (Å²) in [6.45, 7) is 2.11. The molecule has 22 heavy (non-hydrogen) atoms. The molecule has 0 bridgehead atoms. The Kier molecular flexibility index (Phi) is 3.41. The van der Waals surface area contributed by atoms with Gasteiger partial charge in [-0.05, 0) is 13.0 Å². The fraction of sp³-hybridized carbons (Fsp3) is 0.333. The van der Waals surface area contributed by atoms with E-state index in [9.17, 15) is 18.5 Å². The van der Waals surface area contributed by atoms with Crippen molar-refractivity contribution in [2.45, 2.75) is 17.7 Å². The Bertz CT molecular complexity index is 826. The van der Waals surface area contributed by atoms with Crippen molar-refractivity contribution in [1.29, 1.82) is 0 Å². The molecule has 0 unspecified atom stereocenters. The molecule has 1 aliphatic rings. The van der Waals surface area contributed by atoms with Gasteiger partial charge in [-0.3, -0.25) is 10.1 Å². The molecule has 1 saturated heterocycles. The number of nitrogens with zero attached hydrogens (tertiary/aromatic N) is 4. The van der Waals surface area contributed by atoms with Crippen LogP contribution >= 0.6 is 0 Å². The van der Waals surface area contributed by atoms with Gasteiger partial charge in [0.1, 0.15) is 0 Å². The predicted molar refractivity (Wildman–Crippen MR) is 73.6 cm³/mol. The molecule has 1 aromatic heterocycles. The van der Waals surface area contributed by atoms with E-state index in [0.717, 1.165) is 6.07 Å². The van der Waals surface area contributed by atoms with E-state index in [2.05, 4.69) is 10.1 Å². The third-order valence-corrected chi connectivity index (χ3v) is 5.23. The van der Waals surface area contributed by atoms with Crippen molar-refractivity contribution in [2.75, 3.05) is 13.1 Å². The normalized spacial score (nSPS) is 16.4. The minimum Gasteiger partial charge on any atom is -0.339 e. The van der Waals surface area contributed by atoms with Crippen molar-refractivity contribution < 1.29 is 17.9 Å². The first-order chi connectivity index (χ1) is 10.4. The van der Waals surface area contributed by atoms with E-state index in [0.29, 0.717) is 11.7 Å². The zero-order valence-corrected chi connectivity index (χ0v) is 12.4. The van der Waals surface area contributed by atoms with E-state index in [4.69, 9.17) is 4.52 Å². The molecule has 0 N–H and O–H groups in total. The molecule has 2 heterocycles. The largest absolute Gasteiger partial charge is 0.339 e. The highest BCUT2D eigenvalue weighted by Crippen LogP contribution is 2.31. The number of aromatic nitrogens is 2. The Balaban J connectivity index is 1.78. The third-order valence-electron chi connectivity index (χ3n) is 3.41. The number of rotatable bonds is 4. The molecule has 2 aromatic rings. The van der Waals surface area contributed by atoms with Crippen molar-refractivity contribution in [3.63, 3.8) is 0 Å². The minimum absolute atomic E-state index is 0.0955. The van der Waals surface area contributed by atoms with Crippen LogP contribution in [0.15, 0.2) is 33.7 Å². The number of hydrogen-bond donors (Lipinski definition) is 0.